The van der Waals surface area contributed by atoms with Crippen molar-refractivity contribution in [2.24, 2.45) is 11.3 Å². The fraction of sp³-hybridized carbons (Fsp3) is 0.448. The van der Waals surface area contributed by atoms with E-state index in [4.69, 9.17) is 0 Å². The van der Waals surface area contributed by atoms with Crippen molar-refractivity contribution in [3.05, 3.63) is 70.9 Å². The molecule has 33 heavy (non-hydrogen) atoms. The van der Waals surface area contributed by atoms with Crippen molar-refractivity contribution in [2.45, 2.75) is 72.8 Å². The van der Waals surface area contributed by atoms with E-state index in [9.17, 15) is 9.59 Å². The number of allylic oxidation sites excluding steroid dienone is 1. The maximum absolute atomic E-state index is 13.7. The number of hydrogen-bond acceptors (Lipinski definition) is 3. The molecule has 174 valence electrons. The summed E-state index contributed by atoms with van der Waals surface area (Å²) >= 11 is 0. The van der Waals surface area contributed by atoms with Gasteiger partial charge in [0.05, 0.1) is 17.4 Å². The maximum atomic E-state index is 13.7. The Balaban J connectivity index is 1.98. The Labute approximate surface area is 198 Å². The third-order valence-electron chi connectivity index (χ3n) is 6.72. The first kappa shape index (κ1) is 23.3. The summed E-state index contributed by atoms with van der Waals surface area (Å²) in [6.07, 6.45) is 1.24. The standard InChI is InChI=1S/C29H36N2O2/c1-18(2)27(33)31-23-11-9-8-10-21(23)30-22-16-29(6,7)17-24(32)25(22)26(31)19-12-14-20(15-13-19)28(3,4)5/h8-15,18,26,30H,16-17H2,1-7H3. The van der Waals surface area contributed by atoms with Gasteiger partial charge in [0.1, 0.15) is 0 Å². The van der Waals surface area contributed by atoms with Crippen LogP contribution < -0.4 is 10.2 Å². The molecular formula is C29H36N2O2. The molecule has 4 nitrogen and oxygen atoms in total. The Hall–Kier alpha value is -2.88. The molecule has 2 aliphatic rings. The highest BCUT2D eigenvalue weighted by Gasteiger charge is 2.43. The third kappa shape index (κ3) is 4.36. The largest absolute Gasteiger partial charge is 0.357 e. The summed E-state index contributed by atoms with van der Waals surface area (Å²) in [6, 6.07) is 15.9. The lowest BCUT2D eigenvalue weighted by atomic mass is 9.73. The molecule has 1 heterocycles. The van der Waals surface area contributed by atoms with Crippen LogP contribution in [0.25, 0.3) is 0 Å². The van der Waals surface area contributed by atoms with E-state index in [-0.39, 0.29) is 28.4 Å². The van der Waals surface area contributed by atoms with Crippen LogP contribution in [-0.4, -0.2) is 11.7 Å². The molecule has 1 atom stereocenters. The number of carbonyl (C=O) groups excluding carboxylic acids is 2. The zero-order valence-electron chi connectivity index (χ0n) is 21.0. The van der Waals surface area contributed by atoms with Gasteiger partial charge in [-0.25, -0.2) is 0 Å². The number of benzene rings is 2. The van der Waals surface area contributed by atoms with Gasteiger partial charge in [-0.05, 0) is 40.5 Å². The van der Waals surface area contributed by atoms with Gasteiger partial charge in [-0.1, -0.05) is 84.9 Å². The summed E-state index contributed by atoms with van der Waals surface area (Å²) in [7, 11) is 0. The van der Waals surface area contributed by atoms with Gasteiger partial charge in [-0.2, -0.15) is 0 Å². The lowest BCUT2D eigenvalue weighted by Gasteiger charge is -2.38. The molecule has 2 aromatic rings. The number of amides is 1. The van der Waals surface area contributed by atoms with Crippen LogP contribution in [0.1, 0.15) is 78.5 Å². The van der Waals surface area contributed by atoms with Crippen LogP contribution >= 0.6 is 0 Å². The van der Waals surface area contributed by atoms with Gasteiger partial charge in [-0.15, -0.1) is 0 Å². The van der Waals surface area contributed by atoms with Crippen molar-refractivity contribution in [1.82, 2.24) is 0 Å². The van der Waals surface area contributed by atoms with Gasteiger partial charge in [0, 0.05) is 23.6 Å². The minimum absolute atomic E-state index is 0.0144. The fourth-order valence-corrected chi connectivity index (χ4v) is 4.99. The number of ketones is 1. The molecule has 0 saturated heterocycles. The van der Waals surface area contributed by atoms with Crippen molar-refractivity contribution < 1.29 is 9.59 Å². The predicted octanol–water partition coefficient (Wildman–Crippen LogP) is 6.78. The lowest BCUT2D eigenvalue weighted by Crippen LogP contribution is -2.41. The van der Waals surface area contributed by atoms with Crippen LogP contribution in [0.15, 0.2) is 59.8 Å². The Morgan fingerprint density at radius 3 is 2.27 bits per heavy atom. The number of Topliss-reactive ketones (excluding diaryl/α,β-unsaturated/α-hetero) is 1. The summed E-state index contributed by atoms with van der Waals surface area (Å²) < 4.78 is 0. The van der Waals surface area contributed by atoms with Gasteiger partial charge in [0.2, 0.25) is 5.91 Å². The molecule has 0 fully saturated rings. The van der Waals surface area contributed by atoms with Crippen LogP contribution in [0.2, 0.25) is 0 Å². The third-order valence-corrected chi connectivity index (χ3v) is 6.72. The zero-order valence-corrected chi connectivity index (χ0v) is 21.0. The first-order chi connectivity index (χ1) is 15.4. The summed E-state index contributed by atoms with van der Waals surface area (Å²) in [5.74, 6) is -0.0692. The molecule has 0 radical (unpaired) electrons. The Morgan fingerprint density at radius 1 is 1.03 bits per heavy atom. The molecule has 1 aliphatic heterocycles. The summed E-state index contributed by atoms with van der Waals surface area (Å²) in [6.45, 7) is 14.7. The van der Waals surface area contributed by atoms with Crippen molar-refractivity contribution in [3.63, 3.8) is 0 Å². The van der Waals surface area contributed by atoms with Crippen LogP contribution in [0.3, 0.4) is 0 Å². The smallest absolute Gasteiger partial charge is 0.230 e. The topological polar surface area (TPSA) is 49.4 Å². The van der Waals surface area contributed by atoms with Crippen LogP contribution in [0, 0.1) is 11.3 Å². The second-order valence-electron chi connectivity index (χ2n) is 11.6. The van der Waals surface area contributed by atoms with Crippen LogP contribution in [-0.2, 0) is 15.0 Å². The molecule has 0 saturated carbocycles. The Morgan fingerprint density at radius 2 is 1.67 bits per heavy atom. The monoisotopic (exact) mass is 444 g/mol. The average molecular weight is 445 g/mol. The van der Waals surface area contributed by atoms with Gasteiger partial charge in [-0.3, -0.25) is 14.5 Å². The van der Waals surface area contributed by atoms with E-state index in [1.54, 1.807) is 0 Å². The average Bonchev–Trinajstić information content (AvgIpc) is 2.86. The number of anilines is 2. The predicted molar refractivity (Wildman–Crippen MR) is 135 cm³/mol. The normalized spacial score (nSPS) is 20.2. The highest BCUT2D eigenvalue weighted by atomic mass is 16.2. The van der Waals surface area contributed by atoms with E-state index < -0.39 is 6.04 Å². The van der Waals surface area contributed by atoms with Crippen LogP contribution in [0.4, 0.5) is 11.4 Å². The number of para-hydroxylation sites is 2. The van der Waals surface area contributed by atoms with E-state index in [0.29, 0.717) is 6.42 Å². The summed E-state index contributed by atoms with van der Waals surface area (Å²) in [4.78, 5) is 29.2. The zero-order chi connectivity index (χ0) is 24.1. The molecule has 0 spiro atoms. The van der Waals surface area contributed by atoms with Gasteiger partial charge < -0.3 is 5.32 Å². The quantitative estimate of drug-likeness (QED) is 0.555. The molecule has 1 N–H and O–H groups in total. The molecule has 4 rings (SSSR count). The Bertz CT molecular complexity index is 1120. The number of carbonyl (C=O) groups is 2. The molecule has 0 aromatic heterocycles. The molecular weight excluding hydrogens is 408 g/mol. The lowest BCUT2D eigenvalue weighted by molar-refractivity contribution is -0.122. The second kappa shape index (κ2) is 8.16. The molecule has 1 unspecified atom stereocenters. The van der Waals surface area contributed by atoms with E-state index in [0.717, 1.165) is 34.6 Å². The van der Waals surface area contributed by atoms with E-state index in [1.807, 2.05) is 43.0 Å². The number of fused-ring (bicyclic) bond motifs is 1. The number of nitrogens with zero attached hydrogens (tertiary/aromatic N) is 1. The number of nitrogens with one attached hydrogen (secondary N) is 1. The number of rotatable bonds is 2. The van der Waals surface area contributed by atoms with Crippen LogP contribution in [0.5, 0.6) is 0 Å². The molecule has 2 aromatic carbocycles. The van der Waals surface area contributed by atoms with E-state index in [1.165, 1.54) is 5.56 Å². The Kier molecular flexibility index (Phi) is 5.76. The highest BCUT2D eigenvalue weighted by molar-refractivity contribution is 6.06. The second-order valence-corrected chi connectivity index (χ2v) is 11.6. The molecule has 1 aliphatic carbocycles. The maximum Gasteiger partial charge on any atom is 0.230 e. The summed E-state index contributed by atoms with van der Waals surface area (Å²) in [5.41, 5.74) is 5.45. The number of hydrogen-bond donors (Lipinski definition) is 1. The first-order valence-electron chi connectivity index (χ1n) is 11.9. The van der Waals surface area contributed by atoms with E-state index >= 15 is 0 Å². The van der Waals surface area contributed by atoms with Crippen molar-refractivity contribution in [2.75, 3.05) is 10.2 Å². The van der Waals surface area contributed by atoms with Gasteiger partial charge >= 0.3 is 0 Å². The van der Waals surface area contributed by atoms with E-state index in [2.05, 4.69) is 64.2 Å². The molecule has 1 amide bonds. The highest BCUT2D eigenvalue weighted by Crippen LogP contribution is 2.48. The minimum atomic E-state index is -0.455. The SMILES string of the molecule is CC(C)C(=O)N1c2ccccc2NC2=C(C(=O)CC(C)(C)C2)C1c1ccc(C(C)(C)C)cc1. The van der Waals surface area contributed by atoms with Crippen molar-refractivity contribution in [1.29, 1.82) is 0 Å². The first-order valence-corrected chi connectivity index (χ1v) is 11.9. The van der Waals surface area contributed by atoms with Crippen molar-refractivity contribution in [3.8, 4) is 0 Å². The van der Waals surface area contributed by atoms with Crippen molar-refractivity contribution >= 4 is 23.1 Å². The van der Waals surface area contributed by atoms with Gasteiger partial charge in [0.25, 0.3) is 0 Å². The van der Waals surface area contributed by atoms with Gasteiger partial charge in [0.15, 0.2) is 5.78 Å². The minimum Gasteiger partial charge on any atom is -0.357 e. The molecule has 0 bridgehead atoms. The summed E-state index contributed by atoms with van der Waals surface area (Å²) in [5, 5.41) is 3.57. The fourth-order valence-electron chi connectivity index (χ4n) is 4.99. The molecule has 4 heteroatoms.